The molecule has 0 radical (unpaired) electrons. The summed E-state index contributed by atoms with van der Waals surface area (Å²) < 4.78 is 1.71. The second-order valence-corrected chi connectivity index (χ2v) is 9.78. The molecular weight excluding hydrogens is 460 g/mol. The topological polar surface area (TPSA) is 84.3 Å². The van der Waals surface area contributed by atoms with Crippen molar-refractivity contribution in [3.05, 3.63) is 76.1 Å². The van der Waals surface area contributed by atoms with Gasteiger partial charge < -0.3 is 10.2 Å². The molecule has 7 nitrogen and oxygen atoms in total. The lowest BCUT2D eigenvalue weighted by Crippen LogP contribution is -2.24. The van der Waals surface area contributed by atoms with E-state index in [1.807, 2.05) is 18.2 Å². The zero-order valence-corrected chi connectivity index (χ0v) is 20.9. The SMILES string of the molecule is CN(C)C(=O)c1ccc(NC(=O)CSc2nc3ccccc3c(=O)n2CCC2=CCCCC2)cc1. The minimum atomic E-state index is -0.203. The number of anilines is 1. The summed E-state index contributed by atoms with van der Waals surface area (Å²) in [5.74, 6) is -0.181. The zero-order chi connectivity index (χ0) is 24.8. The van der Waals surface area contributed by atoms with Crippen LogP contribution in [0.4, 0.5) is 5.69 Å². The Morgan fingerprint density at radius 2 is 1.86 bits per heavy atom. The van der Waals surface area contributed by atoms with Crippen LogP contribution in [0.2, 0.25) is 0 Å². The van der Waals surface area contributed by atoms with Gasteiger partial charge in [0.25, 0.3) is 11.5 Å². The molecule has 35 heavy (non-hydrogen) atoms. The van der Waals surface area contributed by atoms with Gasteiger partial charge in [0.05, 0.1) is 16.7 Å². The van der Waals surface area contributed by atoms with E-state index in [1.165, 1.54) is 35.1 Å². The number of rotatable bonds is 8. The van der Waals surface area contributed by atoms with E-state index in [0.29, 0.717) is 33.9 Å². The highest BCUT2D eigenvalue weighted by atomic mass is 32.2. The molecule has 1 aromatic heterocycles. The van der Waals surface area contributed by atoms with E-state index in [0.717, 1.165) is 19.3 Å². The maximum absolute atomic E-state index is 13.3. The molecule has 0 saturated heterocycles. The Kier molecular flexibility index (Phi) is 8.02. The van der Waals surface area contributed by atoms with Gasteiger partial charge in [-0.25, -0.2) is 4.98 Å². The van der Waals surface area contributed by atoms with E-state index in [9.17, 15) is 14.4 Å². The molecule has 0 atom stereocenters. The second-order valence-electron chi connectivity index (χ2n) is 8.84. The van der Waals surface area contributed by atoms with Crippen LogP contribution in [0.25, 0.3) is 10.9 Å². The van der Waals surface area contributed by atoms with Crippen LogP contribution in [-0.4, -0.2) is 46.1 Å². The number of hydrogen-bond donors (Lipinski definition) is 1. The summed E-state index contributed by atoms with van der Waals surface area (Å²) in [7, 11) is 3.39. The number of benzene rings is 2. The van der Waals surface area contributed by atoms with E-state index in [-0.39, 0.29) is 23.1 Å². The van der Waals surface area contributed by atoms with Crippen LogP contribution in [0.1, 0.15) is 42.5 Å². The fourth-order valence-electron chi connectivity index (χ4n) is 4.12. The van der Waals surface area contributed by atoms with Gasteiger partial charge in [-0.1, -0.05) is 35.5 Å². The van der Waals surface area contributed by atoms with Crippen LogP contribution in [0, 0.1) is 0 Å². The maximum Gasteiger partial charge on any atom is 0.262 e. The molecule has 1 N–H and O–H groups in total. The first-order valence-electron chi connectivity index (χ1n) is 11.8. The molecule has 0 spiro atoms. The lowest BCUT2D eigenvalue weighted by molar-refractivity contribution is -0.113. The minimum absolute atomic E-state index is 0.0731. The molecule has 4 rings (SSSR count). The molecule has 0 unspecified atom stereocenters. The lowest BCUT2D eigenvalue weighted by atomic mass is 9.97. The number of nitrogens with zero attached hydrogens (tertiary/aromatic N) is 3. The van der Waals surface area contributed by atoms with Crippen molar-refractivity contribution in [3.8, 4) is 0 Å². The molecule has 2 aromatic carbocycles. The van der Waals surface area contributed by atoms with E-state index in [4.69, 9.17) is 4.98 Å². The van der Waals surface area contributed by atoms with Crippen LogP contribution < -0.4 is 10.9 Å². The Bertz CT molecular complexity index is 1310. The maximum atomic E-state index is 13.3. The molecule has 182 valence electrons. The van der Waals surface area contributed by atoms with Gasteiger partial charge in [-0.05, 0) is 68.5 Å². The van der Waals surface area contributed by atoms with Crippen LogP contribution in [0.15, 0.2) is 70.1 Å². The Morgan fingerprint density at radius 1 is 1.09 bits per heavy atom. The van der Waals surface area contributed by atoms with Gasteiger partial charge in [0.1, 0.15) is 0 Å². The number of aromatic nitrogens is 2. The molecule has 2 amide bonds. The number of nitrogens with one attached hydrogen (secondary N) is 1. The predicted octanol–water partition coefficient (Wildman–Crippen LogP) is 4.72. The highest BCUT2D eigenvalue weighted by molar-refractivity contribution is 7.99. The van der Waals surface area contributed by atoms with Crippen molar-refractivity contribution in [1.29, 1.82) is 0 Å². The lowest BCUT2D eigenvalue weighted by Gasteiger charge is -2.16. The van der Waals surface area contributed by atoms with Crippen molar-refractivity contribution in [2.45, 2.75) is 43.8 Å². The fraction of sp³-hybridized carbons (Fsp3) is 0.333. The first-order valence-corrected chi connectivity index (χ1v) is 12.8. The summed E-state index contributed by atoms with van der Waals surface area (Å²) in [5, 5.41) is 3.99. The van der Waals surface area contributed by atoms with Crippen LogP contribution in [-0.2, 0) is 11.3 Å². The third-order valence-electron chi connectivity index (χ3n) is 6.02. The first kappa shape index (κ1) is 24.7. The molecule has 1 heterocycles. The van der Waals surface area contributed by atoms with Crippen LogP contribution >= 0.6 is 11.8 Å². The van der Waals surface area contributed by atoms with Crippen LogP contribution in [0.3, 0.4) is 0 Å². The molecule has 0 fully saturated rings. The van der Waals surface area contributed by atoms with Gasteiger partial charge in [0.15, 0.2) is 5.16 Å². The smallest absolute Gasteiger partial charge is 0.262 e. The number of para-hydroxylation sites is 1. The Labute approximate surface area is 209 Å². The molecule has 3 aromatic rings. The normalized spacial score (nSPS) is 13.4. The second kappa shape index (κ2) is 11.4. The van der Waals surface area contributed by atoms with Crippen molar-refractivity contribution in [2.24, 2.45) is 0 Å². The van der Waals surface area contributed by atoms with Crippen molar-refractivity contribution >= 4 is 40.2 Å². The molecule has 1 aliphatic rings. The van der Waals surface area contributed by atoms with Crippen molar-refractivity contribution < 1.29 is 9.59 Å². The zero-order valence-electron chi connectivity index (χ0n) is 20.1. The average Bonchev–Trinajstić information content (AvgIpc) is 2.87. The van der Waals surface area contributed by atoms with Gasteiger partial charge in [-0.2, -0.15) is 0 Å². The molecule has 1 aliphatic carbocycles. The number of thioether (sulfide) groups is 1. The number of amides is 2. The fourth-order valence-corrected chi connectivity index (χ4v) is 4.95. The Hall–Kier alpha value is -3.39. The van der Waals surface area contributed by atoms with Gasteiger partial charge in [-0.15, -0.1) is 0 Å². The van der Waals surface area contributed by atoms with E-state index in [1.54, 1.807) is 49.0 Å². The predicted molar refractivity (Wildman–Crippen MR) is 141 cm³/mol. The first-order chi connectivity index (χ1) is 16.9. The van der Waals surface area contributed by atoms with Gasteiger partial charge in [0, 0.05) is 31.9 Å². The highest BCUT2D eigenvalue weighted by Crippen LogP contribution is 2.23. The van der Waals surface area contributed by atoms with Gasteiger partial charge in [0.2, 0.25) is 5.91 Å². The third-order valence-corrected chi connectivity index (χ3v) is 7.00. The summed E-state index contributed by atoms with van der Waals surface area (Å²) in [5.41, 5.74) is 3.12. The highest BCUT2D eigenvalue weighted by Gasteiger charge is 2.15. The van der Waals surface area contributed by atoms with E-state index < -0.39 is 0 Å². The third kappa shape index (κ3) is 6.19. The van der Waals surface area contributed by atoms with Crippen molar-refractivity contribution in [3.63, 3.8) is 0 Å². The van der Waals surface area contributed by atoms with Crippen LogP contribution in [0.5, 0.6) is 0 Å². The molecule has 0 aliphatic heterocycles. The monoisotopic (exact) mass is 490 g/mol. The van der Waals surface area contributed by atoms with E-state index in [2.05, 4.69) is 11.4 Å². The number of fused-ring (bicyclic) bond motifs is 1. The summed E-state index contributed by atoms with van der Waals surface area (Å²) in [6.07, 6.45) is 7.72. The molecule has 8 heteroatoms. The molecular formula is C27H30N4O3S. The largest absolute Gasteiger partial charge is 0.345 e. The van der Waals surface area contributed by atoms with Gasteiger partial charge in [-0.3, -0.25) is 19.0 Å². The number of carbonyl (C=O) groups is 2. The Morgan fingerprint density at radius 3 is 2.57 bits per heavy atom. The summed E-state index contributed by atoms with van der Waals surface area (Å²) in [6.45, 7) is 0.549. The number of carbonyl (C=O) groups excluding carboxylic acids is 2. The van der Waals surface area contributed by atoms with Crippen molar-refractivity contribution in [2.75, 3.05) is 25.2 Å². The molecule has 0 bridgehead atoms. The standard InChI is InChI=1S/C27H30N4O3S/c1-30(2)25(33)20-12-14-21(15-13-20)28-24(32)18-35-27-29-23-11-7-6-10-22(23)26(34)31(27)17-16-19-8-4-3-5-9-19/h6-8,10-15H,3-5,9,16-18H2,1-2H3,(H,28,32). The number of hydrogen-bond acceptors (Lipinski definition) is 5. The summed E-state index contributed by atoms with van der Waals surface area (Å²) in [6, 6.07) is 14.1. The quantitative estimate of drug-likeness (QED) is 0.281. The number of allylic oxidation sites excluding steroid dienone is 2. The summed E-state index contributed by atoms with van der Waals surface area (Å²) in [4.78, 5) is 44.2. The van der Waals surface area contributed by atoms with Crippen molar-refractivity contribution in [1.82, 2.24) is 14.5 Å². The van der Waals surface area contributed by atoms with E-state index >= 15 is 0 Å². The van der Waals surface area contributed by atoms with Gasteiger partial charge >= 0.3 is 0 Å². The average molecular weight is 491 g/mol. The Balaban J connectivity index is 1.47. The minimum Gasteiger partial charge on any atom is -0.345 e. The molecule has 0 saturated carbocycles. The summed E-state index contributed by atoms with van der Waals surface area (Å²) >= 11 is 1.26.